The molecular formula is C17H24ClNO. The minimum absolute atomic E-state index is 0.682. The van der Waals surface area contributed by atoms with E-state index in [2.05, 4.69) is 11.4 Å². The molecule has 1 aromatic rings. The Kier molecular flexibility index (Phi) is 6.41. The summed E-state index contributed by atoms with van der Waals surface area (Å²) in [6.07, 6.45) is 8.83. The van der Waals surface area contributed by atoms with Crippen molar-refractivity contribution in [3.63, 3.8) is 0 Å². The SMILES string of the molecule is CCOc1ccc(Cl)cc1CNCCC1=CCCCC1. The van der Waals surface area contributed by atoms with Crippen molar-refractivity contribution < 1.29 is 4.74 Å². The molecule has 0 bridgehead atoms. The molecule has 0 aliphatic heterocycles. The zero-order chi connectivity index (χ0) is 14.2. The highest BCUT2D eigenvalue weighted by Gasteiger charge is 2.06. The van der Waals surface area contributed by atoms with Gasteiger partial charge in [-0.05, 0) is 63.8 Å². The second-order valence-electron chi connectivity index (χ2n) is 5.22. The lowest BCUT2D eigenvalue weighted by atomic mass is 9.97. The van der Waals surface area contributed by atoms with E-state index in [9.17, 15) is 0 Å². The standard InChI is InChI=1S/C17H24ClNO/c1-2-20-17-9-8-16(18)12-15(17)13-19-11-10-14-6-4-3-5-7-14/h6,8-9,12,19H,2-5,7,10-11,13H2,1H3. The monoisotopic (exact) mass is 293 g/mol. The molecule has 1 aliphatic carbocycles. The molecule has 1 N–H and O–H groups in total. The molecule has 2 rings (SSSR count). The quantitative estimate of drug-likeness (QED) is 0.580. The summed E-state index contributed by atoms with van der Waals surface area (Å²) < 4.78 is 5.63. The van der Waals surface area contributed by atoms with Crippen LogP contribution in [0.1, 0.15) is 44.6 Å². The average molecular weight is 294 g/mol. The van der Waals surface area contributed by atoms with Crippen molar-refractivity contribution >= 4 is 11.6 Å². The van der Waals surface area contributed by atoms with Gasteiger partial charge in [-0.1, -0.05) is 23.3 Å². The Bertz CT molecular complexity index is 456. The fourth-order valence-corrected chi connectivity index (χ4v) is 2.78. The molecule has 110 valence electrons. The van der Waals surface area contributed by atoms with Crippen LogP contribution in [-0.2, 0) is 6.54 Å². The minimum atomic E-state index is 0.682. The van der Waals surface area contributed by atoms with Crippen LogP contribution in [0.4, 0.5) is 0 Å². The van der Waals surface area contributed by atoms with Crippen LogP contribution >= 0.6 is 11.6 Å². The molecular weight excluding hydrogens is 270 g/mol. The van der Waals surface area contributed by atoms with Crippen LogP contribution < -0.4 is 10.1 Å². The lowest BCUT2D eigenvalue weighted by molar-refractivity contribution is 0.335. The molecule has 0 atom stereocenters. The molecule has 0 radical (unpaired) electrons. The van der Waals surface area contributed by atoms with E-state index in [-0.39, 0.29) is 0 Å². The number of hydrogen-bond acceptors (Lipinski definition) is 2. The molecule has 20 heavy (non-hydrogen) atoms. The van der Waals surface area contributed by atoms with Gasteiger partial charge in [0.2, 0.25) is 0 Å². The van der Waals surface area contributed by atoms with Crippen LogP contribution in [0, 0.1) is 0 Å². The largest absolute Gasteiger partial charge is 0.494 e. The maximum atomic E-state index is 6.06. The molecule has 0 saturated heterocycles. The lowest BCUT2D eigenvalue weighted by Crippen LogP contribution is -2.16. The van der Waals surface area contributed by atoms with E-state index in [1.807, 2.05) is 25.1 Å². The third-order valence-corrected chi connectivity index (χ3v) is 3.88. The summed E-state index contributed by atoms with van der Waals surface area (Å²) in [6.45, 7) is 4.51. The Hall–Kier alpha value is -0.990. The van der Waals surface area contributed by atoms with Gasteiger partial charge in [0.05, 0.1) is 6.61 Å². The second-order valence-corrected chi connectivity index (χ2v) is 5.66. The Morgan fingerprint density at radius 2 is 2.20 bits per heavy atom. The van der Waals surface area contributed by atoms with Gasteiger partial charge in [-0.25, -0.2) is 0 Å². The van der Waals surface area contributed by atoms with Crippen molar-refractivity contribution in [3.05, 3.63) is 40.4 Å². The van der Waals surface area contributed by atoms with Crippen molar-refractivity contribution in [1.82, 2.24) is 5.32 Å². The van der Waals surface area contributed by atoms with Crippen molar-refractivity contribution in [2.24, 2.45) is 0 Å². The molecule has 1 aliphatic rings. The molecule has 3 heteroatoms. The number of ether oxygens (including phenoxy) is 1. The number of benzene rings is 1. The number of allylic oxidation sites excluding steroid dienone is 1. The summed E-state index contributed by atoms with van der Waals surface area (Å²) in [6, 6.07) is 5.81. The zero-order valence-electron chi connectivity index (χ0n) is 12.3. The van der Waals surface area contributed by atoms with Gasteiger partial charge < -0.3 is 10.1 Å². The molecule has 1 aromatic carbocycles. The molecule has 0 heterocycles. The second kappa shape index (κ2) is 8.33. The van der Waals surface area contributed by atoms with E-state index >= 15 is 0 Å². The first-order chi connectivity index (χ1) is 9.79. The fraction of sp³-hybridized carbons (Fsp3) is 0.529. The predicted octanol–water partition coefficient (Wildman–Crippen LogP) is 4.72. The zero-order valence-corrected chi connectivity index (χ0v) is 13.0. The molecule has 0 spiro atoms. The minimum Gasteiger partial charge on any atom is -0.494 e. The Morgan fingerprint density at radius 1 is 1.30 bits per heavy atom. The van der Waals surface area contributed by atoms with Gasteiger partial charge in [-0.3, -0.25) is 0 Å². The summed E-state index contributed by atoms with van der Waals surface area (Å²) in [4.78, 5) is 0. The van der Waals surface area contributed by atoms with E-state index in [1.165, 1.54) is 25.7 Å². The topological polar surface area (TPSA) is 21.3 Å². The first-order valence-electron chi connectivity index (χ1n) is 7.59. The van der Waals surface area contributed by atoms with E-state index in [0.29, 0.717) is 6.61 Å². The van der Waals surface area contributed by atoms with E-state index in [4.69, 9.17) is 16.3 Å². The van der Waals surface area contributed by atoms with Gasteiger partial charge in [0.1, 0.15) is 5.75 Å². The summed E-state index contributed by atoms with van der Waals surface area (Å²) in [7, 11) is 0. The highest BCUT2D eigenvalue weighted by Crippen LogP contribution is 2.23. The van der Waals surface area contributed by atoms with Crippen molar-refractivity contribution in [3.8, 4) is 5.75 Å². The van der Waals surface area contributed by atoms with Crippen LogP contribution in [-0.4, -0.2) is 13.2 Å². The number of rotatable bonds is 7. The van der Waals surface area contributed by atoms with E-state index in [0.717, 1.165) is 35.8 Å². The number of halogens is 1. The van der Waals surface area contributed by atoms with Gasteiger partial charge in [0, 0.05) is 17.1 Å². The summed E-state index contributed by atoms with van der Waals surface area (Å²) in [5, 5.41) is 4.26. The molecule has 0 fully saturated rings. The van der Waals surface area contributed by atoms with Crippen molar-refractivity contribution in [1.29, 1.82) is 0 Å². The van der Waals surface area contributed by atoms with Crippen LogP contribution in [0.3, 0.4) is 0 Å². The van der Waals surface area contributed by atoms with Gasteiger partial charge >= 0.3 is 0 Å². The smallest absolute Gasteiger partial charge is 0.123 e. The van der Waals surface area contributed by atoms with Gasteiger partial charge in [0.25, 0.3) is 0 Å². The summed E-state index contributed by atoms with van der Waals surface area (Å²) >= 11 is 6.06. The van der Waals surface area contributed by atoms with Crippen molar-refractivity contribution in [2.45, 2.75) is 45.6 Å². The molecule has 2 nitrogen and oxygen atoms in total. The third-order valence-electron chi connectivity index (χ3n) is 3.65. The molecule has 0 saturated carbocycles. The Morgan fingerprint density at radius 3 is 2.95 bits per heavy atom. The first-order valence-corrected chi connectivity index (χ1v) is 7.97. The maximum absolute atomic E-state index is 6.06. The van der Waals surface area contributed by atoms with Crippen LogP contribution in [0.25, 0.3) is 0 Å². The molecule has 0 aromatic heterocycles. The maximum Gasteiger partial charge on any atom is 0.123 e. The fourth-order valence-electron chi connectivity index (χ4n) is 2.59. The van der Waals surface area contributed by atoms with Crippen molar-refractivity contribution in [2.75, 3.05) is 13.2 Å². The number of nitrogens with one attached hydrogen (secondary N) is 1. The third kappa shape index (κ3) is 4.84. The summed E-state index contributed by atoms with van der Waals surface area (Å²) in [5.74, 6) is 0.932. The van der Waals surface area contributed by atoms with E-state index < -0.39 is 0 Å². The number of hydrogen-bond donors (Lipinski definition) is 1. The Labute approximate surface area is 127 Å². The average Bonchev–Trinajstić information content (AvgIpc) is 2.47. The predicted molar refractivity (Wildman–Crippen MR) is 85.5 cm³/mol. The highest BCUT2D eigenvalue weighted by molar-refractivity contribution is 6.30. The molecule has 0 unspecified atom stereocenters. The normalized spacial score (nSPS) is 15.0. The first kappa shape index (κ1) is 15.4. The van der Waals surface area contributed by atoms with Gasteiger partial charge in [0.15, 0.2) is 0 Å². The van der Waals surface area contributed by atoms with E-state index in [1.54, 1.807) is 5.57 Å². The lowest BCUT2D eigenvalue weighted by Gasteiger charge is -2.14. The van der Waals surface area contributed by atoms with Gasteiger partial charge in [-0.15, -0.1) is 0 Å². The van der Waals surface area contributed by atoms with Crippen LogP contribution in [0.5, 0.6) is 5.75 Å². The van der Waals surface area contributed by atoms with Gasteiger partial charge in [-0.2, -0.15) is 0 Å². The van der Waals surface area contributed by atoms with Crippen LogP contribution in [0.2, 0.25) is 5.02 Å². The summed E-state index contributed by atoms with van der Waals surface area (Å²) in [5.41, 5.74) is 2.75. The molecule has 0 amide bonds. The highest BCUT2D eigenvalue weighted by atomic mass is 35.5. The van der Waals surface area contributed by atoms with Crippen LogP contribution in [0.15, 0.2) is 29.8 Å². The Balaban J connectivity index is 1.80.